The maximum absolute atomic E-state index is 12.6. The van der Waals surface area contributed by atoms with Crippen LogP contribution in [0.15, 0.2) is 48.5 Å². The fraction of sp³-hybridized carbons (Fsp3) is 0.464. The van der Waals surface area contributed by atoms with Crippen LogP contribution in [0.4, 0.5) is 4.79 Å². The normalized spacial score (nSPS) is 25.0. The number of rotatable bonds is 7. The molecule has 2 aromatic carbocycles. The molecule has 35 heavy (non-hydrogen) atoms. The highest BCUT2D eigenvalue weighted by molar-refractivity contribution is 5.80. The van der Waals surface area contributed by atoms with Crippen molar-refractivity contribution in [1.82, 2.24) is 10.6 Å². The number of alkyl carbamates (subject to hydrolysis) is 1. The lowest BCUT2D eigenvalue weighted by Crippen LogP contribution is -2.48. The summed E-state index contributed by atoms with van der Waals surface area (Å²) in [7, 11) is 0. The summed E-state index contributed by atoms with van der Waals surface area (Å²) in [5.41, 5.74) is 4.78. The van der Waals surface area contributed by atoms with Gasteiger partial charge in [-0.3, -0.25) is 9.59 Å². The fourth-order valence-corrected chi connectivity index (χ4v) is 5.89. The molecule has 0 heterocycles. The van der Waals surface area contributed by atoms with Crippen LogP contribution in [0.5, 0.6) is 0 Å². The maximum atomic E-state index is 12.6. The lowest BCUT2D eigenvalue weighted by molar-refractivity contribution is -0.139. The Hall–Kier alpha value is -3.35. The standard InChI is InChI=1S/C28H32N2O5/c31-26(32)15-17-13-20(14-17)29-27(33)18-9-11-19(12-10-18)30-28(34)35-16-25-23-7-3-1-5-21(23)22-6-2-4-8-24(22)25/h1-8,17-20,25H,9-16H2,(H,29,33)(H,30,34)(H,31,32). The summed E-state index contributed by atoms with van der Waals surface area (Å²) in [5.74, 6) is -0.552. The Bertz CT molecular complexity index is 1060. The number of benzene rings is 2. The van der Waals surface area contributed by atoms with Gasteiger partial charge in [0.25, 0.3) is 0 Å². The van der Waals surface area contributed by atoms with Gasteiger partial charge in [-0.1, -0.05) is 48.5 Å². The number of carboxylic acid groups (broad SMARTS) is 1. The van der Waals surface area contributed by atoms with Gasteiger partial charge in [0.15, 0.2) is 0 Å². The molecule has 2 amide bonds. The van der Waals surface area contributed by atoms with Crippen LogP contribution in [0.1, 0.15) is 62.0 Å². The van der Waals surface area contributed by atoms with Gasteiger partial charge >= 0.3 is 12.1 Å². The summed E-state index contributed by atoms with van der Waals surface area (Å²) < 4.78 is 5.66. The van der Waals surface area contributed by atoms with Gasteiger partial charge in [0.2, 0.25) is 5.91 Å². The van der Waals surface area contributed by atoms with E-state index in [0.717, 1.165) is 38.5 Å². The predicted molar refractivity (Wildman–Crippen MR) is 131 cm³/mol. The summed E-state index contributed by atoms with van der Waals surface area (Å²) in [5, 5.41) is 14.9. The fourth-order valence-electron chi connectivity index (χ4n) is 5.89. The zero-order valence-electron chi connectivity index (χ0n) is 19.7. The van der Waals surface area contributed by atoms with Gasteiger partial charge in [0.1, 0.15) is 6.61 Å². The first kappa shape index (κ1) is 23.4. The van der Waals surface area contributed by atoms with Crippen LogP contribution in [0.25, 0.3) is 11.1 Å². The highest BCUT2D eigenvalue weighted by Gasteiger charge is 2.35. The maximum Gasteiger partial charge on any atom is 0.407 e. The van der Waals surface area contributed by atoms with E-state index >= 15 is 0 Å². The molecular formula is C28H32N2O5. The van der Waals surface area contributed by atoms with Crippen LogP contribution in [0.2, 0.25) is 0 Å². The molecule has 0 bridgehead atoms. The zero-order chi connectivity index (χ0) is 24.4. The highest BCUT2D eigenvalue weighted by atomic mass is 16.5. The molecule has 2 aromatic rings. The minimum absolute atomic E-state index is 0.0124. The van der Waals surface area contributed by atoms with E-state index in [-0.39, 0.29) is 42.2 Å². The first-order valence-electron chi connectivity index (χ1n) is 12.6. The number of carbonyl (C=O) groups is 3. The van der Waals surface area contributed by atoms with Crippen LogP contribution >= 0.6 is 0 Å². The molecule has 0 spiro atoms. The van der Waals surface area contributed by atoms with E-state index in [4.69, 9.17) is 9.84 Å². The summed E-state index contributed by atoms with van der Waals surface area (Å²) >= 11 is 0. The summed E-state index contributed by atoms with van der Waals surface area (Å²) in [6.07, 6.45) is 4.21. The van der Waals surface area contributed by atoms with E-state index in [1.807, 2.05) is 24.3 Å². The van der Waals surface area contributed by atoms with Crippen molar-refractivity contribution in [2.24, 2.45) is 11.8 Å². The second-order valence-electron chi connectivity index (χ2n) is 10.2. The third-order valence-electron chi connectivity index (χ3n) is 7.81. The minimum Gasteiger partial charge on any atom is -0.481 e. The number of nitrogens with one attached hydrogen (secondary N) is 2. The van der Waals surface area contributed by atoms with Gasteiger partial charge in [-0.2, -0.15) is 0 Å². The van der Waals surface area contributed by atoms with Crippen LogP contribution < -0.4 is 10.6 Å². The molecular weight excluding hydrogens is 444 g/mol. The second-order valence-corrected chi connectivity index (χ2v) is 10.2. The number of aliphatic carboxylic acids is 1. The Morgan fingerprint density at radius 2 is 1.43 bits per heavy atom. The van der Waals surface area contributed by atoms with Crippen molar-refractivity contribution in [3.63, 3.8) is 0 Å². The van der Waals surface area contributed by atoms with Crippen molar-refractivity contribution >= 4 is 18.0 Å². The molecule has 0 aromatic heterocycles. The Kier molecular flexibility index (Phi) is 6.75. The van der Waals surface area contributed by atoms with Crippen molar-refractivity contribution in [3.05, 3.63) is 59.7 Å². The molecule has 3 aliphatic rings. The molecule has 2 fully saturated rings. The molecule has 3 N–H and O–H groups in total. The third kappa shape index (κ3) is 5.19. The number of carbonyl (C=O) groups excluding carboxylic acids is 2. The predicted octanol–water partition coefficient (Wildman–Crippen LogP) is 4.45. The van der Waals surface area contributed by atoms with Gasteiger partial charge < -0.3 is 20.5 Å². The van der Waals surface area contributed by atoms with Gasteiger partial charge in [0.05, 0.1) is 0 Å². The largest absolute Gasteiger partial charge is 0.481 e. The lowest BCUT2D eigenvalue weighted by atomic mass is 9.77. The average Bonchev–Trinajstić information content (AvgIpc) is 3.15. The number of fused-ring (bicyclic) bond motifs is 3. The minimum atomic E-state index is -0.776. The highest BCUT2D eigenvalue weighted by Crippen LogP contribution is 2.44. The van der Waals surface area contributed by atoms with E-state index in [0.29, 0.717) is 6.61 Å². The molecule has 5 rings (SSSR count). The summed E-state index contributed by atoms with van der Waals surface area (Å²) in [6.45, 7) is 0.294. The molecule has 0 radical (unpaired) electrons. The van der Waals surface area contributed by atoms with Crippen LogP contribution in [0.3, 0.4) is 0 Å². The van der Waals surface area contributed by atoms with E-state index in [1.165, 1.54) is 22.3 Å². The Morgan fingerprint density at radius 1 is 0.829 bits per heavy atom. The van der Waals surface area contributed by atoms with Gasteiger partial charge in [-0.05, 0) is 66.7 Å². The molecule has 2 saturated carbocycles. The van der Waals surface area contributed by atoms with Crippen LogP contribution in [-0.4, -0.2) is 41.8 Å². The van der Waals surface area contributed by atoms with Crippen molar-refractivity contribution in [3.8, 4) is 11.1 Å². The summed E-state index contributed by atoms with van der Waals surface area (Å²) in [6, 6.07) is 16.6. The first-order valence-corrected chi connectivity index (χ1v) is 12.6. The second kappa shape index (κ2) is 10.1. The van der Waals surface area contributed by atoms with Gasteiger partial charge in [-0.15, -0.1) is 0 Å². The van der Waals surface area contributed by atoms with E-state index in [2.05, 4.69) is 34.9 Å². The monoisotopic (exact) mass is 476 g/mol. The lowest BCUT2D eigenvalue weighted by Gasteiger charge is -2.36. The molecule has 7 nitrogen and oxygen atoms in total. The van der Waals surface area contributed by atoms with E-state index in [9.17, 15) is 14.4 Å². The number of carboxylic acids is 1. The smallest absolute Gasteiger partial charge is 0.407 e. The van der Waals surface area contributed by atoms with Crippen molar-refractivity contribution < 1.29 is 24.2 Å². The molecule has 0 aliphatic heterocycles. The molecule has 0 atom stereocenters. The SMILES string of the molecule is O=C(O)CC1CC(NC(=O)C2CCC(NC(=O)OCC3c4ccccc4-c4ccccc43)CC2)C1. The summed E-state index contributed by atoms with van der Waals surface area (Å²) in [4.78, 5) is 35.9. The number of hydrogen-bond donors (Lipinski definition) is 3. The number of amides is 2. The van der Waals surface area contributed by atoms with Crippen LogP contribution in [-0.2, 0) is 14.3 Å². The Morgan fingerprint density at radius 3 is 2.03 bits per heavy atom. The average molecular weight is 477 g/mol. The molecule has 184 valence electrons. The Balaban J connectivity index is 1.05. The van der Waals surface area contributed by atoms with Crippen LogP contribution in [0, 0.1) is 11.8 Å². The molecule has 0 unspecified atom stereocenters. The van der Waals surface area contributed by atoms with E-state index < -0.39 is 12.1 Å². The molecule has 3 aliphatic carbocycles. The van der Waals surface area contributed by atoms with Gasteiger partial charge in [0, 0.05) is 30.3 Å². The first-order chi connectivity index (χ1) is 17.0. The quantitative estimate of drug-likeness (QED) is 0.548. The molecule has 7 heteroatoms. The van der Waals surface area contributed by atoms with Crippen molar-refractivity contribution in [1.29, 1.82) is 0 Å². The topological polar surface area (TPSA) is 105 Å². The Labute approximate surface area is 205 Å². The number of hydrogen-bond acceptors (Lipinski definition) is 4. The van der Waals surface area contributed by atoms with Crippen molar-refractivity contribution in [2.75, 3.05) is 6.61 Å². The number of ether oxygens (including phenoxy) is 1. The van der Waals surface area contributed by atoms with E-state index in [1.54, 1.807) is 0 Å². The van der Waals surface area contributed by atoms with Gasteiger partial charge in [-0.25, -0.2) is 4.79 Å². The van der Waals surface area contributed by atoms with Crippen molar-refractivity contribution in [2.45, 2.75) is 62.9 Å². The molecule has 0 saturated heterocycles. The third-order valence-corrected chi connectivity index (χ3v) is 7.81. The zero-order valence-corrected chi connectivity index (χ0v) is 19.7.